The van der Waals surface area contributed by atoms with Crippen molar-refractivity contribution in [2.24, 2.45) is 5.16 Å². The predicted molar refractivity (Wildman–Crippen MR) is 120 cm³/mol. The van der Waals surface area contributed by atoms with Gasteiger partial charge in [-0.3, -0.25) is 14.6 Å². The Morgan fingerprint density at radius 3 is 2.19 bits per heavy atom. The molecule has 0 N–H and O–H groups in total. The molecule has 1 atom stereocenters. The van der Waals surface area contributed by atoms with Crippen LogP contribution in [0.15, 0.2) is 58.6 Å². The van der Waals surface area contributed by atoms with Crippen molar-refractivity contribution < 1.29 is 22.8 Å². The maximum absolute atomic E-state index is 12.9. The van der Waals surface area contributed by atoms with Gasteiger partial charge in [-0.05, 0) is 30.2 Å². The molecular weight excluding hydrogens is 430 g/mol. The van der Waals surface area contributed by atoms with Crippen molar-refractivity contribution in [1.29, 1.82) is 0 Å². The van der Waals surface area contributed by atoms with Gasteiger partial charge in [-0.1, -0.05) is 41.6 Å². The van der Waals surface area contributed by atoms with Crippen LogP contribution in [0.4, 0.5) is 0 Å². The van der Waals surface area contributed by atoms with Gasteiger partial charge in [0.25, 0.3) is 5.91 Å². The summed E-state index contributed by atoms with van der Waals surface area (Å²) in [5.41, 5.74) is 2.76. The van der Waals surface area contributed by atoms with Crippen LogP contribution < -0.4 is 0 Å². The van der Waals surface area contributed by atoms with Gasteiger partial charge in [0, 0.05) is 31.5 Å². The fraction of sp³-hybridized carbons (Fsp3) is 0.391. The summed E-state index contributed by atoms with van der Waals surface area (Å²) in [6, 6.07) is 14.5. The van der Waals surface area contributed by atoms with E-state index < -0.39 is 15.9 Å². The molecule has 170 valence electrons. The van der Waals surface area contributed by atoms with E-state index in [0.717, 1.165) is 44.0 Å². The van der Waals surface area contributed by atoms with Crippen LogP contribution in [0.3, 0.4) is 0 Å². The highest BCUT2D eigenvalue weighted by Gasteiger charge is 2.32. The quantitative estimate of drug-likeness (QED) is 0.660. The molecule has 0 spiro atoms. The zero-order valence-electron chi connectivity index (χ0n) is 18.2. The Balaban J connectivity index is 1.52. The van der Waals surface area contributed by atoms with Gasteiger partial charge in [0.2, 0.25) is 6.10 Å². The van der Waals surface area contributed by atoms with E-state index in [-0.39, 0.29) is 17.3 Å². The maximum atomic E-state index is 12.9. The summed E-state index contributed by atoms with van der Waals surface area (Å²) >= 11 is 0. The second kappa shape index (κ2) is 9.40. The minimum absolute atomic E-state index is 0.195. The third kappa shape index (κ3) is 5.17. The molecule has 8 nitrogen and oxygen atoms in total. The molecule has 0 saturated carbocycles. The topological polar surface area (TPSA) is 88.5 Å². The van der Waals surface area contributed by atoms with Gasteiger partial charge in [0.05, 0.1) is 24.7 Å². The standard InChI is InChI=1S/C23H27N3O5S/c1-17-23(27)26(16-19-5-9-21(10-6-19)32(2,28)29)22(24-31-17)20-7-3-18(4-8-20)15-25-11-13-30-14-12-25/h3-10,17H,11-16H2,1-2H3. The highest BCUT2D eigenvalue weighted by Crippen LogP contribution is 2.20. The van der Waals surface area contributed by atoms with E-state index in [2.05, 4.69) is 10.1 Å². The lowest BCUT2D eigenvalue weighted by Crippen LogP contribution is -2.46. The summed E-state index contributed by atoms with van der Waals surface area (Å²) in [5.74, 6) is 0.248. The van der Waals surface area contributed by atoms with Crippen LogP contribution in [0.2, 0.25) is 0 Å². The number of carbonyl (C=O) groups excluding carboxylic acids is 1. The van der Waals surface area contributed by atoms with E-state index in [1.54, 1.807) is 36.1 Å². The molecule has 0 radical (unpaired) electrons. The molecule has 2 aromatic carbocycles. The van der Waals surface area contributed by atoms with E-state index in [0.29, 0.717) is 5.84 Å². The normalized spacial score (nSPS) is 20.1. The number of hydrogen-bond acceptors (Lipinski definition) is 7. The van der Waals surface area contributed by atoms with Gasteiger partial charge in [-0.25, -0.2) is 8.42 Å². The first-order chi connectivity index (χ1) is 15.3. The average Bonchev–Trinajstić information content (AvgIpc) is 2.78. The number of amidine groups is 1. The van der Waals surface area contributed by atoms with Crippen LogP contribution in [0, 0.1) is 0 Å². The molecule has 0 bridgehead atoms. The molecule has 4 rings (SSSR count). The van der Waals surface area contributed by atoms with Crippen LogP contribution in [0.1, 0.15) is 23.6 Å². The lowest BCUT2D eigenvalue weighted by atomic mass is 10.1. The Hall–Kier alpha value is -2.75. The monoisotopic (exact) mass is 457 g/mol. The molecule has 2 aliphatic rings. The number of carbonyl (C=O) groups is 1. The molecule has 2 aromatic rings. The van der Waals surface area contributed by atoms with Crippen molar-refractivity contribution in [2.75, 3.05) is 32.6 Å². The van der Waals surface area contributed by atoms with Crippen molar-refractivity contribution >= 4 is 21.6 Å². The fourth-order valence-electron chi connectivity index (χ4n) is 3.71. The van der Waals surface area contributed by atoms with Crippen molar-refractivity contribution in [3.05, 3.63) is 65.2 Å². The van der Waals surface area contributed by atoms with E-state index in [4.69, 9.17) is 9.57 Å². The molecule has 9 heteroatoms. The summed E-state index contributed by atoms with van der Waals surface area (Å²) in [7, 11) is -3.28. The highest BCUT2D eigenvalue weighted by molar-refractivity contribution is 7.90. The van der Waals surface area contributed by atoms with Gasteiger partial charge in [0.1, 0.15) is 0 Å². The number of hydrogen-bond donors (Lipinski definition) is 0. The fourth-order valence-corrected chi connectivity index (χ4v) is 4.34. The first-order valence-electron chi connectivity index (χ1n) is 10.5. The number of oxime groups is 1. The Kier molecular flexibility index (Phi) is 6.59. The number of ether oxygens (including phenoxy) is 1. The Bertz CT molecular complexity index is 1090. The van der Waals surface area contributed by atoms with Crippen molar-refractivity contribution in [1.82, 2.24) is 9.80 Å². The third-order valence-electron chi connectivity index (χ3n) is 5.58. The number of nitrogens with zero attached hydrogens (tertiary/aromatic N) is 3. The van der Waals surface area contributed by atoms with Gasteiger partial charge in [-0.15, -0.1) is 0 Å². The molecule has 1 unspecified atom stereocenters. The first-order valence-corrected chi connectivity index (χ1v) is 12.4. The zero-order chi connectivity index (χ0) is 22.7. The van der Waals surface area contributed by atoms with Crippen LogP contribution in [-0.4, -0.2) is 68.6 Å². The lowest BCUT2D eigenvalue weighted by molar-refractivity contribution is -0.142. The first kappa shape index (κ1) is 22.4. The minimum Gasteiger partial charge on any atom is -0.381 e. The average molecular weight is 458 g/mol. The largest absolute Gasteiger partial charge is 0.381 e. The van der Waals surface area contributed by atoms with E-state index in [1.807, 2.05) is 24.3 Å². The smallest absolute Gasteiger partial charge is 0.272 e. The Morgan fingerprint density at radius 1 is 0.969 bits per heavy atom. The molecule has 1 fully saturated rings. The third-order valence-corrected chi connectivity index (χ3v) is 6.71. The summed E-state index contributed by atoms with van der Waals surface area (Å²) in [6.07, 6.45) is 0.484. The Labute approximate surface area is 188 Å². The second-order valence-electron chi connectivity index (χ2n) is 8.09. The predicted octanol–water partition coefficient (Wildman–Crippen LogP) is 2.03. The van der Waals surface area contributed by atoms with Crippen molar-refractivity contribution in [2.45, 2.75) is 31.0 Å². The lowest BCUT2D eigenvalue weighted by Gasteiger charge is -2.30. The molecule has 0 aliphatic carbocycles. The summed E-state index contributed by atoms with van der Waals surface area (Å²) < 4.78 is 28.8. The number of morpholine rings is 1. The van der Waals surface area contributed by atoms with Crippen LogP contribution in [0.25, 0.3) is 0 Å². The molecule has 0 aromatic heterocycles. The van der Waals surface area contributed by atoms with Crippen LogP contribution >= 0.6 is 0 Å². The number of rotatable bonds is 6. The Morgan fingerprint density at radius 2 is 1.56 bits per heavy atom. The molecule has 1 amide bonds. The van der Waals surface area contributed by atoms with Gasteiger partial charge >= 0.3 is 0 Å². The number of amides is 1. The highest BCUT2D eigenvalue weighted by atomic mass is 32.2. The van der Waals surface area contributed by atoms with Gasteiger partial charge in [0.15, 0.2) is 15.7 Å². The van der Waals surface area contributed by atoms with Crippen molar-refractivity contribution in [3.8, 4) is 0 Å². The second-order valence-corrected chi connectivity index (χ2v) is 10.1. The van der Waals surface area contributed by atoms with Crippen LogP contribution in [-0.2, 0) is 37.3 Å². The molecular formula is C23H27N3O5S. The molecule has 1 saturated heterocycles. The molecule has 32 heavy (non-hydrogen) atoms. The van der Waals surface area contributed by atoms with Crippen LogP contribution in [0.5, 0.6) is 0 Å². The van der Waals surface area contributed by atoms with E-state index in [9.17, 15) is 13.2 Å². The van der Waals surface area contributed by atoms with Crippen molar-refractivity contribution in [3.63, 3.8) is 0 Å². The summed E-state index contributed by atoms with van der Waals surface area (Å²) in [5, 5.41) is 4.21. The number of benzene rings is 2. The number of sulfone groups is 1. The van der Waals surface area contributed by atoms with Gasteiger partial charge < -0.3 is 9.57 Å². The minimum atomic E-state index is -3.28. The summed E-state index contributed by atoms with van der Waals surface area (Å²) in [4.78, 5) is 22.4. The SMILES string of the molecule is CC1ON=C(c2ccc(CN3CCOCC3)cc2)N(Cc2ccc(S(C)(=O)=O)cc2)C1=O. The van der Waals surface area contributed by atoms with E-state index in [1.165, 1.54) is 11.8 Å². The summed E-state index contributed by atoms with van der Waals surface area (Å²) in [6.45, 7) is 6.12. The molecule has 2 aliphatic heterocycles. The van der Waals surface area contributed by atoms with Gasteiger partial charge in [-0.2, -0.15) is 0 Å². The molecule has 2 heterocycles. The van der Waals surface area contributed by atoms with E-state index >= 15 is 0 Å². The maximum Gasteiger partial charge on any atom is 0.272 e. The zero-order valence-corrected chi connectivity index (χ0v) is 19.0.